The van der Waals surface area contributed by atoms with Gasteiger partial charge in [-0.1, -0.05) is 0 Å². The summed E-state index contributed by atoms with van der Waals surface area (Å²) in [5, 5.41) is 12.6. The van der Waals surface area contributed by atoms with Crippen molar-refractivity contribution in [1.82, 2.24) is 9.88 Å². The van der Waals surface area contributed by atoms with E-state index in [1.165, 1.54) is 13.0 Å². The highest BCUT2D eigenvalue weighted by atomic mass is 16.5. The molecule has 0 unspecified atom stereocenters. The van der Waals surface area contributed by atoms with Gasteiger partial charge in [0.2, 0.25) is 0 Å². The minimum atomic E-state index is 0.454. The summed E-state index contributed by atoms with van der Waals surface area (Å²) in [5.74, 6) is 0.722. The second-order valence-corrected chi connectivity index (χ2v) is 5.98. The number of hydrogen-bond acceptors (Lipinski definition) is 5. The van der Waals surface area contributed by atoms with Crippen molar-refractivity contribution in [3.05, 3.63) is 24.0 Å². The molecule has 0 spiro atoms. The van der Waals surface area contributed by atoms with E-state index in [0.717, 1.165) is 50.8 Å². The maximum atomic E-state index is 9.10. The van der Waals surface area contributed by atoms with Crippen LogP contribution in [0, 0.1) is 17.2 Å². The molecule has 0 saturated carbocycles. The first kappa shape index (κ1) is 14.3. The van der Waals surface area contributed by atoms with E-state index in [1.54, 1.807) is 12.4 Å². The number of anilines is 1. The molecule has 1 atom stereocenters. The summed E-state index contributed by atoms with van der Waals surface area (Å²) in [6.07, 6.45) is 6.82. The lowest BCUT2D eigenvalue weighted by molar-refractivity contribution is 0.154. The minimum Gasteiger partial charge on any atom is -0.381 e. The van der Waals surface area contributed by atoms with E-state index < -0.39 is 0 Å². The van der Waals surface area contributed by atoms with Crippen molar-refractivity contribution in [2.75, 3.05) is 38.2 Å². The van der Waals surface area contributed by atoms with Gasteiger partial charge < -0.3 is 15.0 Å². The van der Waals surface area contributed by atoms with Crippen molar-refractivity contribution in [2.24, 2.45) is 5.92 Å². The third-order valence-electron chi connectivity index (χ3n) is 4.43. The fraction of sp³-hybridized carbons (Fsp3) is 0.625. The Balaban J connectivity index is 1.48. The topological polar surface area (TPSA) is 61.2 Å². The number of rotatable bonds is 4. The monoisotopic (exact) mass is 286 g/mol. The van der Waals surface area contributed by atoms with Gasteiger partial charge in [0, 0.05) is 44.7 Å². The smallest absolute Gasteiger partial charge is 0.103 e. The number of nitrogens with one attached hydrogen (secondary N) is 1. The first-order valence-corrected chi connectivity index (χ1v) is 7.76. The largest absolute Gasteiger partial charge is 0.381 e. The molecule has 2 aliphatic rings. The SMILES string of the molecule is N#Cc1cnccc1NC1CCN(C[C@H]2CCOC2)CC1. The molecule has 3 rings (SSSR count). The van der Waals surface area contributed by atoms with Crippen LogP contribution in [0.2, 0.25) is 0 Å². The first-order valence-electron chi connectivity index (χ1n) is 7.76. The number of aromatic nitrogens is 1. The van der Waals surface area contributed by atoms with Crippen LogP contribution in [-0.4, -0.2) is 48.8 Å². The summed E-state index contributed by atoms with van der Waals surface area (Å²) < 4.78 is 5.45. The lowest BCUT2D eigenvalue weighted by Gasteiger charge is -2.34. The number of piperidine rings is 1. The van der Waals surface area contributed by atoms with Gasteiger partial charge in [0.15, 0.2) is 0 Å². The van der Waals surface area contributed by atoms with Crippen molar-refractivity contribution >= 4 is 5.69 Å². The molecule has 2 aliphatic heterocycles. The number of nitrogens with zero attached hydrogens (tertiary/aromatic N) is 3. The van der Waals surface area contributed by atoms with Crippen molar-refractivity contribution in [3.8, 4) is 6.07 Å². The highest BCUT2D eigenvalue weighted by Gasteiger charge is 2.24. The molecule has 0 bridgehead atoms. The number of nitriles is 1. The van der Waals surface area contributed by atoms with Gasteiger partial charge in [-0.05, 0) is 31.2 Å². The van der Waals surface area contributed by atoms with Gasteiger partial charge in [-0.15, -0.1) is 0 Å². The fourth-order valence-electron chi connectivity index (χ4n) is 3.18. The van der Waals surface area contributed by atoms with Gasteiger partial charge in [-0.3, -0.25) is 4.98 Å². The average Bonchev–Trinajstić information content (AvgIpc) is 3.03. The predicted octanol–water partition coefficient (Wildman–Crippen LogP) is 1.87. The number of pyridine rings is 1. The predicted molar refractivity (Wildman–Crippen MR) is 81.0 cm³/mol. The standard InChI is InChI=1S/C16H22N4O/c17-9-14-10-18-5-1-16(14)19-15-2-6-20(7-3-15)11-13-4-8-21-12-13/h1,5,10,13,15H,2-4,6-8,11-12H2,(H,18,19)/t13-/m1/s1. The summed E-state index contributed by atoms with van der Waals surface area (Å²) >= 11 is 0. The molecule has 3 heterocycles. The number of ether oxygens (including phenoxy) is 1. The molecule has 2 fully saturated rings. The van der Waals surface area contributed by atoms with Crippen molar-refractivity contribution in [1.29, 1.82) is 5.26 Å². The Morgan fingerprint density at radius 3 is 2.95 bits per heavy atom. The normalized spacial score (nSPS) is 23.9. The van der Waals surface area contributed by atoms with Gasteiger partial charge in [0.05, 0.1) is 17.9 Å². The van der Waals surface area contributed by atoms with Crippen LogP contribution in [0.3, 0.4) is 0 Å². The van der Waals surface area contributed by atoms with Crippen LogP contribution in [0.15, 0.2) is 18.5 Å². The molecule has 112 valence electrons. The molecular formula is C16H22N4O. The Morgan fingerprint density at radius 2 is 2.24 bits per heavy atom. The van der Waals surface area contributed by atoms with Crippen molar-refractivity contribution < 1.29 is 4.74 Å². The molecule has 1 N–H and O–H groups in total. The maximum Gasteiger partial charge on any atom is 0.103 e. The van der Waals surface area contributed by atoms with Gasteiger partial charge in [-0.2, -0.15) is 5.26 Å². The molecule has 1 aromatic heterocycles. The Kier molecular flexibility index (Phi) is 4.69. The molecule has 21 heavy (non-hydrogen) atoms. The van der Waals surface area contributed by atoms with Crippen LogP contribution in [0.4, 0.5) is 5.69 Å². The molecule has 5 heteroatoms. The summed E-state index contributed by atoms with van der Waals surface area (Å²) in [5.41, 5.74) is 1.54. The van der Waals surface area contributed by atoms with Gasteiger partial charge >= 0.3 is 0 Å². The van der Waals surface area contributed by atoms with Gasteiger partial charge in [-0.25, -0.2) is 0 Å². The van der Waals surface area contributed by atoms with E-state index in [2.05, 4.69) is 21.3 Å². The molecule has 2 saturated heterocycles. The molecule has 0 radical (unpaired) electrons. The van der Waals surface area contributed by atoms with Crippen LogP contribution in [0.5, 0.6) is 0 Å². The van der Waals surface area contributed by atoms with Crippen LogP contribution in [-0.2, 0) is 4.74 Å². The van der Waals surface area contributed by atoms with E-state index in [9.17, 15) is 0 Å². The zero-order valence-corrected chi connectivity index (χ0v) is 12.3. The fourth-order valence-corrected chi connectivity index (χ4v) is 3.18. The van der Waals surface area contributed by atoms with E-state index in [1.807, 2.05) is 6.07 Å². The Hall–Kier alpha value is -1.64. The van der Waals surface area contributed by atoms with Gasteiger partial charge in [0.25, 0.3) is 0 Å². The highest BCUT2D eigenvalue weighted by Crippen LogP contribution is 2.21. The summed E-state index contributed by atoms with van der Waals surface area (Å²) in [6.45, 7) is 5.29. The molecule has 5 nitrogen and oxygen atoms in total. The molecule has 0 aliphatic carbocycles. The number of likely N-dealkylation sites (tertiary alicyclic amines) is 1. The van der Waals surface area contributed by atoms with Crippen LogP contribution in [0.25, 0.3) is 0 Å². The quantitative estimate of drug-likeness (QED) is 0.915. The Morgan fingerprint density at radius 1 is 1.38 bits per heavy atom. The summed E-state index contributed by atoms with van der Waals surface area (Å²) in [6, 6.07) is 4.54. The van der Waals surface area contributed by atoms with Crippen molar-refractivity contribution in [3.63, 3.8) is 0 Å². The Bertz CT molecular complexity index is 499. The van der Waals surface area contributed by atoms with Gasteiger partial charge in [0.1, 0.15) is 6.07 Å². The van der Waals surface area contributed by atoms with E-state index in [4.69, 9.17) is 10.00 Å². The summed E-state index contributed by atoms with van der Waals surface area (Å²) in [7, 11) is 0. The Labute approximate surface area is 125 Å². The van der Waals surface area contributed by atoms with E-state index >= 15 is 0 Å². The second-order valence-electron chi connectivity index (χ2n) is 5.98. The molecule has 0 amide bonds. The third kappa shape index (κ3) is 3.72. The highest BCUT2D eigenvalue weighted by molar-refractivity contribution is 5.56. The lowest BCUT2D eigenvalue weighted by Crippen LogP contribution is -2.41. The van der Waals surface area contributed by atoms with Crippen molar-refractivity contribution in [2.45, 2.75) is 25.3 Å². The van der Waals surface area contributed by atoms with Crippen LogP contribution in [0.1, 0.15) is 24.8 Å². The first-order chi connectivity index (χ1) is 10.3. The zero-order valence-electron chi connectivity index (χ0n) is 12.3. The molecular weight excluding hydrogens is 264 g/mol. The minimum absolute atomic E-state index is 0.454. The third-order valence-corrected chi connectivity index (χ3v) is 4.43. The van der Waals surface area contributed by atoms with E-state index in [0.29, 0.717) is 11.6 Å². The van der Waals surface area contributed by atoms with Crippen LogP contribution < -0.4 is 5.32 Å². The zero-order chi connectivity index (χ0) is 14.5. The maximum absolute atomic E-state index is 9.10. The lowest BCUT2D eigenvalue weighted by atomic mass is 10.0. The number of hydrogen-bond donors (Lipinski definition) is 1. The average molecular weight is 286 g/mol. The van der Waals surface area contributed by atoms with E-state index in [-0.39, 0.29) is 0 Å². The molecule has 0 aromatic carbocycles. The van der Waals surface area contributed by atoms with Crippen LogP contribution >= 0.6 is 0 Å². The second kappa shape index (κ2) is 6.88. The summed E-state index contributed by atoms with van der Waals surface area (Å²) in [4.78, 5) is 6.55. The molecule has 1 aromatic rings.